The number of carbonyl (C=O) groups is 1. The second kappa shape index (κ2) is 7.65. The molecule has 0 spiro atoms. The number of hydrogen-bond donors (Lipinski definition) is 1. The summed E-state index contributed by atoms with van der Waals surface area (Å²) in [6.07, 6.45) is 5.12. The second-order valence-corrected chi connectivity index (χ2v) is 4.19. The van der Waals surface area contributed by atoms with Crippen LogP contribution >= 0.6 is 0 Å². The van der Waals surface area contributed by atoms with Crippen LogP contribution in [0.5, 0.6) is 5.75 Å². The van der Waals surface area contributed by atoms with Gasteiger partial charge in [0.2, 0.25) is 0 Å². The van der Waals surface area contributed by atoms with Gasteiger partial charge in [-0.1, -0.05) is 36.4 Å². The Morgan fingerprint density at radius 3 is 2.57 bits per heavy atom. The third kappa shape index (κ3) is 4.31. The van der Waals surface area contributed by atoms with Crippen molar-refractivity contribution in [2.24, 2.45) is 5.10 Å². The van der Waals surface area contributed by atoms with Crippen molar-refractivity contribution in [1.82, 2.24) is 5.43 Å². The average Bonchev–Trinajstić information content (AvgIpc) is 2.55. The first-order valence-electron chi connectivity index (χ1n) is 6.49. The van der Waals surface area contributed by atoms with Crippen molar-refractivity contribution in [3.8, 4) is 5.75 Å². The number of hydrogen-bond acceptors (Lipinski definition) is 3. The van der Waals surface area contributed by atoms with Gasteiger partial charge in [0.1, 0.15) is 5.75 Å². The number of carbonyl (C=O) groups excluding carboxylic acids is 1. The van der Waals surface area contributed by atoms with E-state index in [1.54, 1.807) is 37.5 Å². The van der Waals surface area contributed by atoms with Gasteiger partial charge in [-0.25, -0.2) is 5.43 Å². The Kier molecular flexibility index (Phi) is 5.29. The summed E-state index contributed by atoms with van der Waals surface area (Å²) in [5.41, 5.74) is 3.98. The Morgan fingerprint density at radius 1 is 1.10 bits per heavy atom. The van der Waals surface area contributed by atoms with Gasteiger partial charge in [-0.2, -0.15) is 5.10 Å². The third-order valence-electron chi connectivity index (χ3n) is 2.78. The molecule has 0 fully saturated rings. The monoisotopic (exact) mass is 280 g/mol. The van der Waals surface area contributed by atoms with E-state index < -0.39 is 0 Å². The van der Waals surface area contributed by atoms with Crippen molar-refractivity contribution in [2.45, 2.75) is 0 Å². The summed E-state index contributed by atoms with van der Waals surface area (Å²) in [7, 11) is 1.63. The highest BCUT2D eigenvalue weighted by molar-refractivity contribution is 5.94. The van der Waals surface area contributed by atoms with E-state index in [1.165, 1.54) is 6.21 Å². The Bertz CT molecular complexity index is 649. The van der Waals surface area contributed by atoms with Gasteiger partial charge < -0.3 is 4.74 Å². The van der Waals surface area contributed by atoms with Crippen LogP contribution in [-0.4, -0.2) is 19.2 Å². The maximum absolute atomic E-state index is 11.7. The lowest BCUT2D eigenvalue weighted by Crippen LogP contribution is -2.16. The van der Waals surface area contributed by atoms with E-state index in [1.807, 2.05) is 36.4 Å². The molecule has 1 N–H and O–H groups in total. The number of nitrogens with one attached hydrogen (secondary N) is 1. The first-order chi connectivity index (χ1) is 10.3. The lowest BCUT2D eigenvalue weighted by molar-refractivity contribution is 0.0955. The highest BCUT2D eigenvalue weighted by atomic mass is 16.5. The Balaban J connectivity index is 1.91. The van der Waals surface area contributed by atoms with E-state index in [0.717, 1.165) is 11.3 Å². The zero-order valence-corrected chi connectivity index (χ0v) is 11.7. The number of methoxy groups -OCH3 is 1. The number of para-hydroxylation sites is 1. The van der Waals surface area contributed by atoms with Crippen LogP contribution in [-0.2, 0) is 0 Å². The van der Waals surface area contributed by atoms with E-state index in [9.17, 15) is 4.79 Å². The van der Waals surface area contributed by atoms with Gasteiger partial charge in [0.25, 0.3) is 5.91 Å². The van der Waals surface area contributed by atoms with E-state index in [4.69, 9.17) is 4.74 Å². The summed E-state index contributed by atoms with van der Waals surface area (Å²) in [5, 5.41) is 3.87. The molecule has 0 saturated heterocycles. The minimum atomic E-state index is -0.238. The van der Waals surface area contributed by atoms with Gasteiger partial charge in [-0.15, -0.1) is 0 Å². The summed E-state index contributed by atoms with van der Waals surface area (Å²) in [6, 6.07) is 16.6. The summed E-state index contributed by atoms with van der Waals surface area (Å²) in [5.74, 6) is 0.549. The fraction of sp³-hybridized carbons (Fsp3) is 0.0588. The molecule has 0 radical (unpaired) electrons. The normalized spacial score (nSPS) is 10.9. The molecule has 4 heteroatoms. The third-order valence-corrected chi connectivity index (χ3v) is 2.78. The van der Waals surface area contributed by atoms with Crippen LogP contribution in [0.25, 0.3) is 6.08 Å². The minimum Gasteiger partial charge on any atom is -0.496 e. The van der Waals surface area contributed by atoms with E-state index in [-0.39, 0.29) is 5.91 Å². The van der Waals surface area contributed by atoms with Crippen LogP contribution in [0.3, 0.4) is 0 Å². The topological polar surface area (TPSA) is 50.7 Å². The fourth-order valence-electron chi connectivity index (χ4n) is 1.74. The Hall–Kier alpha value is -2.88. The lowest BCUT2D eigenvalue weighted by Gasteiger charge is -2.02. The number of hydrazone groups is 1. The molecule has 21 heavy (non-hydrogen) atoms. The highest BCUT2D eigenvalue weighted by Crippen LogP contribution is 2.18. The van der Waals surface area contributed by atoms with Crippen LogP contribution in [0.15, 0.2) is 65.8 Å². The maximum atomic E-state index is 11.7. The first kappa shape index (κ1) is 14.5. The molecule has 0 aliphatic rings. The van der Waals surface area contributed by atoms with Crippen molar-refractivity contribution < 1.29 is 9.53 Å². The summed E-state index contributed by atoms with van der Waals surface area (Å²) in [6.45, 7) is 0. The zero-order valence-electron chi connectivity index (χ0n) is 11.7. The molecule has 0 heterocycles. The molecule has 0 bridgehead atoms. The van der Waals surface area contributed by atoms with Gasteiger partial charge in [-0.05, 0) is 30.4 Å². The number of amides is 1. The molecule has 0 aromatic heterocycles. The summed E-state index contributed by atoms with van der Waals surface area (Å²) < 4.78 is 5.23. The van der Waals surface area contributed by atoms with Crippen molar-refractivity contribution in [1.29, 1.82) is 0 Å². The van der Waals surface area contributed by atoms with Crippen molar-refractivity contribution in [3.63, 3.8) is 0 Å². The maximum Gasteiger partial charge on any atom is 0.271 e. The van der Waals surface area contributed by atoms with E-state index in [2.05, 4.69) is 10.5 Å². The SMILES string of the molecule is COc1ccccc1/C=C/C=N\NC(=O)c1ccccc1. The van der Waals surface area contributed by atoms with Crippen LogP contribution in [0.2, 0.25) is 0 Å². The van der Waals surface area contributed by atoms with Crippen molar-refractivity contribution in [2.75, 3.05) is 7.11 Å². The molecule has 0 saturated carbocycles. The highest BCUT2D eigenvalue weighted by Gasteiger charge is 2.00. The van der Waals surface area contributed by atoms with E-state index in [0.29, 0.717) is 5.56 Å². The zero-order chi connectivity index (χ0) is 14.9. The molecule has 0 unspecified atom stereocenters. The van der Waals surface area contributed by atoms with Gasteiger partial charge in [0.15, 0.2) is 0 Å². The summed E-state index contributed by atoms with van der Waals surface area (Å²) in [4.78, 5) is 11.7. The quantitative estimate of drug-likeness (QED) is 0.675. The molecule has 2 rings (SSSR count). The van der Waals surface area contributed by atoms with Crippen molar-refractivity contribution in [3.05, 3.63) is 71.8 Å². The molecule has 106 valence electrons. The first-order valence-corrected chi connectivity index (χ1v) is 6.49. The fourth-order valence-corrected chi connectivity index (χ4v) is 1.74. The lowest BCUT2D eigenvalue weighted by atomic mass is 10.2. The van der Waals surface area contributed by atoms with E-state index >= 15 is 0 Å². The predicted molar refractivity (Wildman–Crippen MR) is 84.4 cm³/mol. The molecule has 0 aliphatic carbocycles. The number of benzene rings is 2. The number of allylic oxidation sites excluding steroid dienone is 1. The second-order valence-electron chi connectivity index (χ2n) is 4.19. The van der Waals surface area contributed by atoms with Gasteiger partial charge in [0.05, 0.1) is 7.11 Å². The Morgan fingerprint density at radius 2 is 1.81 bits per heavy atom. The molecular weight excluding hydrogens is 264 g/mol. The molecular formula is C17H16N2O2. The van der Waals surface area contributed by atoms with Crippen LogP contribution in [0.1, 0.15) is 15.9 Å². The number of ether oxygens (including phenoxy) is 1. The standard InChI is InChI=1S/C17H16N2O2/c1-21-16-12-6-5-8-14(16)11-7-13-18-19-17(20)15-9-3-2-4-10-15/h2-13H,1H3,(H,19,20)/b11-7+,18-13-. The largest absolute Gasteiger partial charge is 0.496 e. The Labute approximate surface area is 123 Å². The molecule has 0 aliphatic heterocycles. The number of rotatable bonds is 5. The van der Waals surface area contributed by atoms with Gasteiger partial charge in [-0.3, -0.25) is 4.79 Å². The smallest absolute Gasteiger partial charge is 0.271 e. The minimum absolute atomic E-state index is 0.238. The molecule has 2 aromatic rings. The molecule has 4 nitrogen and oxygen atoms in total. The average molecular weight is 280 g/mol. The van der Waals surface area contributed by atoms with Gasteiger partial charge >= 0.3 is 0 Å². The molecule has 2 aromatic carbocycles. The van der Waals surface area contributed by atoms with Crippen LogP contribution in [0, 0.1) is 0 Å². The van der Waals surface area contributed by atoms with Gasteiger partial charge in [0, 0.05) is 17.3 Å². The van der Waals surface area contributed by atoms with Crippen LogP contribution in [0.4, 0.5) is 0 Å². The molecule has 0 atom stereocenters. The predicted octanol–water partition coefficient (Wildman–Crippen LogP) is 3.12. The molecule has 1 amide bonds. The summed E-state index contributed by atoms with van der Waals surface area (Å²) >= 11 is 0. The van der Waals surface area contributed by atoms with Crippen LogP contribution < -0.4 is 10.2 Å². The number of nitrogens with zero attached hydrogens (tertiary/aromatic N) is 1. The van der Waals surface area contributed by atoms with Crippen molar-refractivity contribution >= 4 is 18.2 Å².